The van der Waals surface area contributed by atoms with Gasteiger partial charge in [0.05, 0.1) is 0 Å². The molecule has 0 aliphatic rings. The van der Waals surface area contributed by atoms with Crippen molar-refractivity contribution in [2.75, 3.05) is 0 Å². The number of carbonyl (C=O) groups is 1. The zero-order valence-electron chi connectivity index (χ0n) is 6.59. The van der Waals surface area contributed by atoms with Gasteiger partial charge in [-0.25, -0.2) is 0 Å². The van der Waals surface area contributed by atoms with Gasteiger partial charge in [-0.1, -0.05) is 23.2 Å². The van der Waals surface area contributed by atoms with E-state index in [0.29, 0.717) is 23.0 Å². The number of carbonyl (C=O) groups excluding carboxylic acids is 1. The Morgan fingerprint density at radius 1 is 1.23 bits per heavy atom. The van der Waals surface area contributed by atoms with E-state index in [0.717, 1.165) is 5.56 Å². The molecular formula is C8H8Cl3NO. The van der Waals surface area contributed by atoms with Crippen molar-refractivity contribution < 1.29 is 4.79 Å². The maximum atomic E-state index is 9.97. The highest BCUT2D eigenvalue weighted by atomic mass is 35.5. The molecule has 0 saturated carbocycles. The molecule has 0 aliphatic heterocycles. The summed E-state index contributed by atoms with van der Waals surface area (Å²) in [5, 5.41) is 3.67. The van der Waals surface area contributed by atoms with Crippen molar-refractivity contribution in [3.63, 3.8) is 0 Å². The zero-order valence-corrected chi connectivity index (χ0v) is 8.92. The van der Waals surface area contributed by atoms with Gasteiger partial charge < -0.3 is 5.32 Å². The molecule has 1 N–H and O–H groups in total. The van der Waals surface area contributed by atoms with E-state index in [2.05, 4.69) is 5.32 Å². The van der Waals surface area contributed by atoms with Crippen molar-refractivity contribution in [3.8, 4) is 0 Å². The van der Waals surface area contributed by atoms with E-state index in [1.807, 2.05) is 0 Å². The Bertz CT molecular complexity index is 270. The Morgan fingerprint density at radius 3 is 2.23 bits per heavy atom. The van der Waals surface area contributed by atoms with E-state index in [9.17, 15) is 4.79 Å². The number of halogens is 3. The van der Waals surface area contributed by atoms with E-state index < -0.39 is 0 Å². The van der Waals surface area contributed by atoms with Crippen LogP contribution in [0.25, 0.3) is 0 Å². The molecule has 0 aromatic heterocycles. The summed E-state index contributed by atoms with van der Waals surface area (Å²) in [7, 11) is 0. The number of hydrogen-bond acceptors (Lipinski definition) is 1. The number of amides is 1. The molecule has 0 aliphatic carbocycles. The lowest BCUT2D eigenvalue weighted by Crippen LogP contribution is -2.09. The van der Waals surface area contributed by atoms with Crippen LogP contribution in [0.4, 0.5) is 0 Å². The highest BCUT2D eigenvalue weighted by molar-refractivity contribution is 6.34. The van der Waals surface area contributed by atoms with Crippen LogP contribution in [0.15, 0.2) is 18.2 Å². The van der Waals surface area contributed by atoms with Crippen molar-refractivity contribution in [1.29, 1.82) is 0 Å². The fraction of sp³-hybridized carbons (Fsp3) is 0.125. The number of hydrogen-bond donors (Lipinski definition) is 1. The van der Waals surface area contributed by atoms with E-state index in [1.54, 1.807) is 18.2 Å². The van der Waals surface area contributed by atoms with Crippen LogP contribution in [-0.2, 0) is 11.3 Å². The van der Waals surface area contributed by atoms with Gasteiger partial charge in [-0.2, -0.15) is 0 Å². The predicted octanol–water partition coefficient (Wildman–Crippen LogP) is 2.66. The van der Waals surface area contributed by atoms with Crippen LogP contribution in [0.5, 0.6) is 0 Å². The largest absolute Gasteiger partial charge is 0.355 e. The molecule has 1 aromatic rings. The van der Waals surface area contributed by atoms with Crippen LogP contribution in [0, 0.1) is 0 Å². The summed E-state index contributed by atoms with van der Waals surface area (Å²) in [5.74, 6) is 0. The summed E-state index contributed by atoms with van der Waals surface area (Å²) < 4.78 is 0. The first-order chi connectivity index (χ1) is 5.72. The van der Waals surface area contributed by atoms with Gasteiger partial charge in [-0.15, -0.1) is 12.4 Å². The Labute approximate surface area is 92.6 Å². The molecule has 0 spiro atoms. The van der Waals surface area contributed by atoms with Crippen LogP contribution < -0.4 is 5.32 Å². The summed E-state index contributed by atoms with van der Waals surface area (Å²) in [6, 6.07) is 5.15. The number of rotatable bonds is 3. The van der Waals surface area contributed by atoms with Gasteiger partial charge in [0.1, 0.15) is 0 Å². The van der Waals surface area contributed by atoms with Gasteiger partial charge in [0.15, 0.2) is 0 Å². The smallest absolute Gasteiger partial charge is 0.207 e. The highest BCUT2D eigenvalue weighted by Gasteiger charge is 1.96. The van der Waals surface area contributed by atoms with E-state index in [-0.39, 0.29) is 12.4 Å². The zero-order chi connectivity index (χ0) is 8.97. The van der Waals surface area contributed by atoms with Gasteiger partial charge in [0.2, 0.25) is 6.41 Å². The van der Waals surface area contributed by atoms with Gasteiger partial charge in [0.25, 0.3) is 0 Å². The van der Waals surface area contributed by atoms with Crippen LogP contribution >= 0.6 is 35.6 Å². The summed E-state index contributed by atoms with van der Waals surface area (Å²) in [4.78, 5) is 9.97. The average Bonchev–Trinajstić information content (AvgIpc) is 1.99. The highest BCUT2D eigenvalue weighted by Crippen LogP contribution is 2.18. The van der Waals surface area contributed by atoms with Gasteiger partial charge in [-0.3, -0.25) is 4.79 Å². The molecule has 72 valence electrons. The third-order valence-electron chi connectivity index (χ3n) is 1.31. The second-order valence-electron chi connectivity index (χ2n) is 2.28. The quantitative estimate of drug-likeness (QED) is 0.809. The first-order valence-electron chi connectivity index (χ1n) is 3.34. The molecule has 1 aromatic carbocycles. The molecule has 1 rings (SSSR count). The molecular weight excluding hydrogens is 232 g/mol. The minimum atomic E-state index is 0. The molecule has 0 bridgehead atoms. The van der Waals surface area contributed by atoms with E-state index in [1.165, 1.54) is 0 Å². The molecule has 1 amide bonds. The minimum absolute atomic E-state index is 0. The first kappa shape index (κ1) is 12.6. The average molecular weight is 241 g/mol. The molecule has 5 heteroatoms. The van der Waals surface area contributed by atoms with Gasteiger partial charge in [-0.05, 0) is 23.8 Å². The van der Waals surface area contributed by atoms with Crippen molar-refractivity contribution >= 4 is 42.0 Å². The Morgan fingerprint density at radius 2 is 1.77 bits per heavy atom. The SMILES string of the molecule is Cl.O=CNCc1cc(Cl)cc(Cl)c1. The van der Waals surface area contributed by atoms with Crippen LogP contribution in [-0.4, -0.2) is 6.41 Å². The third-order valence-corrected chi connectivity index (χ3v) is 1.75. The van der Waals surface area contributed by atoms with Crippen LogP contribution in [0.2, 0.25) is 10.0 Å². The molecule has 0 atom stereocenters. The summed E-state index contributed by atoms with van der Waals surface area (Å²) in [6.45, 7) is 0.448. The predicted molar refractivity (Wildman–Crippen MR) is 56.6 cm³/mol. The van der Waals surface area contributed by atoms with E-state index >= 15 is 0 Å². The second-order valence-corrected chi connectivity index (χ2v) is 3.15. The Kier molecular flexibility index (Phi) is 5.88. The molecule has 0 saturated heterocycles. The molecule has 0 unspecified atom stereocenters. The Balaban J connectivity index is 0.00000144. The molecule has 2 nitrogen and oxygen atoms in total. The first-order valence-corrected chi connectivity index (χ1v) is 4.10. The lowest BCUT2D eigenvalue weighted by molar-refractivity contribution is -0.109. The van der Waals surface area contributed by atoms with Crippen molar-refractivity contribution in [1.82, 2.24) is 5.32 Å². The fourth-order valence-corrected chi connectivity index (χ4v) is 1.44. The van der Waals surface area contributed by atoms with Crippen LogP contribution in [0.1, 0.15) is 5.56 Å². The normalized spacial score (nSPS) is 8.77. The van der Waals surface area contributed by atoms with Crippen molar-refractivity contribution in [2.45, 2.75) is 6.54 Å². The Hall–Kier alpha value is -0.440. The second kappa shape index (κ2) is 6.08. The lowest BCUT2D eigenvalue weighted by Gasteiger charge is -2.00. The summed E-state index contributed by atoms with van der Waals surface area (Å²) in [6.07, 6.45) is 0.634. The number of benzene rings is 1. The third kappa shape index (κ3) is 4.36. The monoisotopic (exact) mass is 239 g/mol. The van der Waals surface area contributed by atoms with Crippen molar-refractivity contribution in [2.24, 2.45) is 0 Å². The topological polar surface area (TPSA) is 29.1 Å². The van der Waals surface area contributed by atoms with E-state index in [4.69, 9.17) is 23.2 Å². The lowest BCUT2D eigenvalue weighted by atomic mass is 10.2. The molecule has 0 fully saturated rings. The fourth-order valence-electron chi connectivity index (χ4n) is 0.873. The maximum absolute atomic E-state index is 9.97. The molecule has 13 heavy (non-hydrogen) atoms. The minimum Gasteiger partial charge on any atom is -0.355 e. The summed E-state index contributed by atoms with van der Waals surface area (Å²) >= 11 is 11.5. The molecule has 0 heterocycles. The van der Waals surface area contributed by atoms with Gasteiger partial charge in [0, 0.05) is 16.6 Å². The number of nitrogens with one attached hydrogen (secondary N) is 1. The van der Waals surface area contributed by atoms with Crippen LogP contribution in [0.3, 0.4) is 0 Å². The van der Waals surface area contributed by atoms with Crippen molar-refractivity contribution in [3.05, 3.63) is 33.8 Å². The maximum Gasteiger partial charge on any atom is 0.207 e. The summed E-state index contributed by atoms with van der Waals surface area (Å²) in [5.41, 5.74) is 0.889. The molecule has 0 radical (unpaired) electrons. The standard InChI is InChI=1S/C8H7Cl2NO.ClH/c9-7-1-6(4-11-5-12)2-8(10)3-7;/h1-3,5H,4H2,(H,11,12);1H. The van der Waals surface area contributed by atoms with Gasteiger partial charge >= 0.3 is 0 Å².